The van der Waals surface area contributed by atoms with Gasteiger partial charge in [0.05, 0.1) is 15.7 Å². The molecule has 0 aromatic heterocycles. The first-order chi connectivity index (χ1) is 5.84. The molecular formula is C6H4Cl2NO3S. The molecule has 1 rings (SSSR count). The lowest BCUT2D eigenvalue weighted by Gasteiger charge is -2.04. The van der Waals surface area contributed by atoms with Crippen LogP contribution in [0.3, 0.4) is 0 Å². The predicted octanol–water partition coefficient (Wildman–Crippen LogP) is 2.15. The normalized spacial score (nSPS) is 11.6. The number of benzene rings is 1. The Morgan fingerprint density at radius 2 is 1.69 bits per heavy atom. The van der Waals surface area contributed by atoms with E-state index in [-0.39, 0.29) is 10.0 Å². The summed E-state index contributed by atoms with van der Waals surface area (Å²) in [4.78, 5) is -0.665. The third-order valence-electron chi connectivity index (χ3n) is 1.32. The van der Waals surface area contributed by atoms with Crippen LogP contribution in [0.4, 0.5) is 5.69 Å². The molecule has 0 bridgehead atoms. The monoisotopic (exact) mass is 240 g/mol. The molecule has 0 unspecified atom stereocenters. The molecule has 1 aromatic rings. The van der Waals surface area contributed by atoms with Crippen molar-refractivity contribution in [1.29, 1.82) is 0 Å². The first kappa shape index (κ1) is 10.6. The van der Waals surface area contributed by atoms with E-state index < -0.39 is 20.7 Å². The fourth-order valence-corrected chi connectivity index (χ4v) is 2.13. The summed E-state index contributed by atoms with van der Waals surface area (Å²) in [6, 6.07) is 2.48. The molecule has 0 aliphatic carbocycles. The fourth-order valence-electron chi connectivity index (χ4n) is 0.785. The molecule has 0 aliphatic rings. The largest absolute Gasteiger partial charge is 0.298 e. The molecule has 1 aromatic carbocycles. The number of hydrogen-bond donors (Lipinski definition) is 1. The Balaban J connectivity index is 3.62. The maximum atomic E-state index is 10.7. The van der Waals surface area contributed by atoms with E-state index >= 15 is 0 Å². The lowest BCUT2D eigenvalue weighted by atomic mass is 10.3. The van der Waals surface area contributed by atoms with Crippen molar-refractivity contribution >= 4 is 39.0 Å². The van der Waals surface area contributed by atoms with E-state index in [1.54, 1.807) is 0 Å². The van der Waals surface area contributed by atoms with Gasteiger partial charge < -0.3 is 0 Å². The third-order valence-corrected chi connectivity index (χ3v) is 3.00. The Labute approximate surface area is 85.0 Å². The lowest BCUT2D eigenvalue weighted by molar-refractivity contribution is 0.483. The van der Waals surface area contributed by atoms with Gasteiger partial charge >= 0.3 is 0 Å². The SMILES string of the molecule is [NH]c1c(Cl)ccc(Cl)c1S(=O)(=O)O. The number of nitrogens with one attached hydrogen (secondary N) is 1. The molecule has 0 amide bonds. The summed E-state index contributed by atoms with van der Waals surface area (Å²) in [5, 5.41) is -0.311. The molecule has 0 saturated carbocycles. The van der Waals surface area contributed by atoms with Crippen LogP contribution >= 0.6 is 23.2 Å². The van der Waals surface area contributed by atoms with E-state index in [0.717, 1.165) is 0 Å². The second kappa shape index (κ2) is 3.34. The van der Waals surface area contributed by atoms with Crippen LogP contribution in [0.5, 0.6) is 0 Å². The van der Waals surface area contributed by atoms with Gasteiger partial charge in [-0.2, -0.15) is 8.42 Å². The van der Waals surface area contributed by atoms with Gasteiger partial charge in [-0.1, -0.05) is 23.2 Å². The van der Waals surface area contributed by atoms with E-state index in [1.807, 2.05) is 0 Å². The van der Waals surface area contributed by atoms with Gasteiger partial charge in [-0.05, 0) is 12.1 Å². The van der Waals surface area contributed by atoms with Crippen LogP contribution in [0, 0.1) is 0 Å². The number of hydrogen-bond acceptors (Lipinski definition) is 2. The van der Waals surface area contributed by atoms with Crippen molar-refractivity contribution in [3.05, 3.63) is 22.2 Å². The lowest BCUT2D eigenvalue weighted by Crippen LogP contribution is -2.00. The molecule has 0 saturated heterocycles. The second-order valence-corrected chi connectivity index (χ2v) is 4.38. The molecule has 1 radical (unpaired) electrons. The van der Waals surface area contributed by atoms with E-state index in [0.29, 0.717) is 0 Å². The molecule has 0 spiro atoms. The van der Waals surface area contributed by atoms with Gasteiger partial charge in [0.2, 0.25) is 0 Å². The third kappa shape index (κ3) is 2.05. The second-order valence-electron chi connectivity index (χ2n) is 2.21. The predicted molar refractivity (Wildman–Crippen MR) is 49.0 cm³/mol. The van der Waals surface area contributed by atoms with E-state index in [2.05, 4.69) is 0 Å². The van der Waals surface area contributed by atoms with Gasteiger partial charge in [-0.3, -0.25) is 10.3 Å². The Kier molecular flexibility index (Phi) is 2.72. The van der Waals surface area contributed by atoms with Gasteiger partial charge in [-0.15, -0.1) is 0 Å². The summed E-state index contributed by atoms with van der Waals surface area (Å²) in [5.41, 5.74) is 6.73. The van der Waals surface area contributed by atoms with Crippen LogP contribution in [0.25, 0.3) is 0 Å². The minimum atomic E-state index is -4.49. The smallest absolute Gasteiger partial charge is 0.298 e. The van der Waals surface area contributed by atoms with E-state index in [1.165, 1.54) is 12.1 Å². The van der Waals surface area contributed by atoms with Gasteiger partial charge in [0, 0.05) is 0 Å². The van der Waals surface area contributed by atoms with Crippen molar-refractivity contribution in [3.8, 4) is 0 Å². The van der Waals surface area contributed by atoms with E-state index in [9.17, 15) is 8.42 Å². The summed E-state index contributed by atoms with van der Waals surface area (Å²) in [7, 11) is -4.49. The summed E-state index contributed by atoms with van der Waals surface area (Å²) in [5.74, 6) is 0. The Morgan fingerprint density at radius 3 is 2.08 bits per heavy atom. The van der Waals surface area contributed by atoms with Crippen molar-refractivity contribution in [2.24, 2.45) is 0 Å². The highest BCUT2D eigenvalue weighted by Gasteiger charge is 2.20. The van der Waals surface area contributed by atoms with Crippen molar-refractivity contribution in [2.45, 2.75) is 4.90 Å². The van der Waals surface area contributed by atoms with Crippen molar-refractivity contribution in [1.82, 2.24) is 5.73 Å². The average molecular weight is 241 g/mol. The van der Waals surface area contributed by atoms with E-state index in [4.69, 9.17) is 33.5 Å². The number of halogens is 2. The first-order valence-corrected chi connectivity index (χ1v) is 5.20. The maximum absolute atomic E-state index is 10.7. The molecule has 0 aliphatic heterocycles. The van der Waals surface area contributed by atoms with Crippen LogP contribution in [0.1, 0.15) is 0 Å². The molecule has 0 atom stereocenters. The Hall–Kier alpha value is -0.490. The molecule has 0 fully saturated rings. The number of rotatable bonds is 1. The molecule has 2 N–H and O–H groups in total. The van der Waals surface area contributed by atoms with Crippen molar-refractivity contribution < 1.29 is 13.0 Å². The Bertz CT molecular complexity index is 443. The van der Waals surface area contributed by atoms with Gasteiger partial charge in [0.25, 0.3) is 10.1 Å². The fraction of sp³-hybridized carbons (Fsp3) is 0. The van der Waals surface area contributed by atoms with Gasteiger partial charge in [0.15, 0.2) is 0 Å². The minimum Gasteiger partial charge on any atom is -0.298 e. The summed E-state index contributed by atoms with van der Waals surface area (Å²) in [6.07, 6.45) is 0. The zero-order valence-electron chi connectivity index (χ0n) is 6.08. The zero-order chi connectivity index (χ0) is 10.2. The molecule has 71 valence electrons. The van der Waals surface area contributed by atoms with Gasteiger partial charge in [-0.25, -0.2) is 0 Å². The first-order valence-electron chi connectivity index (χ1n) is 3.01. The van der Waals surface area contributed by atoms with Crippen LogP contribution in [-0.2, 0) is 10.1 Å². The maximum Gasteiger partial charge on any atom is 0.298 e. The molecule has 13 heavy (non-hydrogen) atoms. The molecule has 7 heteroatoms. The van der Waals surface area contributed by atoms with Crippen LogP contribution < -0.4 is 5.73 Å². The minimum absolute atomic E-state index is 0.0861. The summed E-state index contributed by atoms with van der Waals surface area (Å²) in [6.45, 7) is 0. The highest BCUT2D eigenvalue weighted by atomic mass is 35.5. The van der Waals surface area contributed by atoms with Crippen molar-refractivity contribution in [3.63, 3.8) is 0 Å². The highest BCUT2D eigenvalue weighted by Crippen LogP contribution is 2.33. The van der Waals surface area contributed by atoms with Crippen molar-refractivity contribution in [2.75, 3.05) is 0 Å². The summed E-state index contributed by atoms with van der Waals surface area (Å²) >= 11 is 10.9. The van der Waals surface area contributed by atoms with Crippen LogP contribution in [0.15, 0.2) is 17.0 Å². The summed E-state index contributed by atoms with van der Waals surface area (Å²) < 4.78 is 30.1. The van der Waals surface area contributed by atoms with Crippen LogP contribution in [-0.4, -0.2) is 13.0 Å². The zero-order valence-corrected chi connectivity index (χ0v) is 8.41. The quantitative estimate of drug-likeness (QED) is 0.765. The topological polar surface area (TPSA) is 78.2 Å². The Morgan fingerprint density at radius 1 is 1.23 bits per heavy atom. The standard InChI is InChI=1S/C6H4Cl2NO3S/c7-3-1-2-4(8)6(5(3)9)13(10,11)12/h1-2,9H,(H,10,11,12). The van der Waals surface area contributed by atoms with Crippen LogP contribution in [0.2, 0.25) is 10.0 Å². The molecule has 4 nitrogen and oxygen atoms in total. The average Bonchev–Trinajstić information content (AvgIpc) is 1.95. The molecule has 0 heterocycles. The highest BCUT2D eigenvalue weighted by molar-refractivity contribution is 7.86. The molecular weight excluding hydrogens is 237 g/mol. The van der Waals surface area contributed by atoms with Gasteiger partial charge in [0.1, 0.15) is 4.90 Å².